The fourth-order valence-electron chi connectivity index (χ4n) is 3.27. The normalized spacial score (nSPS) is 17.6. The lowest BCUT2D eigenvalue weighted by Gasteiger charge is -2.21. The van der Waals surface area contributed by atoms with Crippen molar-refractivity contribution in [3.63, 3.8) is 0 Å². The number of nitro groups is 1. The second kappa shape index (κ2) is 9.07. The molecule has 0 radical (unpaired) electrons. The van der Waals surface area contributed by atoms with E-state index in [1.54, 1.807) is 17.4 Å². The van der Waals surface area contributed by atoms with E-state index in [0.29, 0.717) is 12.2 Å². The Morgan fingerprint density at radius 2 is 2.30 bits per heavy atom. The number of benzene rings is 1. The number of hydrogen-bond acceptors (Lipinski definition) is 5. The van der Waals surface area contributed by atoms with Crippen LogP contribution in [0.25, 0.3) is 0 Å². The number of thiophene rings is 1. The maximum Gasteiger partial charge on any atom is 0.279 e. The molecule has 1 saturated heterocycles. The second-order valence-electron chi connectivity index (χ2n) is 6.83. The van der Waals surface area contributed by atoms with Crippen LogP contribution < -0.4 is 10.2 Å². The van der Waals surface area contributed by atoms with Gasteiger partial charge in [0.2, 0.25) is 0 Å². The zero-order chi connectivity index (χ0) is 19.2. The Balaban J connectivity index is 1.66. The molecule has 0 aliphatic carbocycles. The van der Waals surface area contributed by atoms with E-state index < -0.39 is 4.92 Å². The quantitative estimate of drug-likeness (QED) is 0.534. The number of aryl methyl sites for hydroxylation is 1. The van der Waals surface area contributed by atoms with Gasteiger partial charge >= 0.3 is 0 Å². The minimum Gasteiger partial charge on any atom is -0.372 e. The van der Waals surface area contributed by atoms with Gasteiger partial charge in [-0.1, -0.05) is 12.1 Å². The first kappa shape index (κ1) is 19.5. The van der Waals surface area contributed by atoms with E-state index >= 15 is 0 Å². The molecule has 2 heterocycles. The molecule has 0 bridgehead atoms. The summed E-state index contributed by atoms with van der Waals surface area (Å²) in [6, 6.07) is 8.58. The highest BCUT2D eigenvalue weighted by molar-refractivity contribution is 7.09. The summed E-state index contributed by atoms with van der Waals surface area (Å²) in [7, 11) is 0. The van der Waals surface area contributed by atoms with Crippen LogP contribution in [0.4, 0.5) is 11.4 Å². The highest BCUT2D eigenvalue weighted by Crippen LogP contribution is 2.21. The Morgan fingerprint density at radius 1 is 1.44 bits per heavy atom. The molecule has 1 fully saturated rings. The Hall–Kier alpha value is -2.29. The van der Waals surface area contributed by atoms with E-state index in [-0.39, 0.29) is 17.7 Å². The lowest BCUT2D eigenvalue weighted by molar-refractivity contribution is -0.908. The highest BCUT2D eigenvalue weighted by Gasteiger charge is 2.24. The van der Waals surface area contributed by atoms with Gasteiger partial charge in [-0.25, -0.2) is 0 Å². The summed E-state index contributed by atoms with van der Waals surface area (Å²) in [4.78, 5) is 25.5. The molecule has 8 heteroatoms. The van der Waals surface area contributed by atoms with Crippen LogP contribution in [0.1, 0.15) is 23.3 Å². The number of amides is 1. The molecular weight excluding hydrogens is 366 g/mol. The van der Waals surface area contributed by atoms with Crippen molar-refractivity contribution in [2.75, 3.05) is 25.0 Å². The van der Waals surface area contributed by atoms with Crippen molar-refractivity contribution in [3.05, 3.63) is 56.3 Å². The summed E-state index contributed by atoms with van der Waals surface area (Å²) < 4.78 is 5.74. The average Bonchev–Trinajstić information content (AvgIpc) is 3.30. The van der Waals surface area contributed by atoms with Gasteiger partial charge in [-0.15, -0.1) is 11.3 Å². The molecule has 1 amide bonds. The van der Waals surface area contributed by atoms with Crippen LogP contribution in [0.5, 0.6) is 0 Å². The summed E-state index contributed by atoms with van der Waals surface area (Å²) in [6.45, 7) is 4.44. The zero-order valence-electron chi connectivity index (χ0n) is 15.3. The first-order chi connectivity index (χ1) is 13.0. The number of carbonyl (C=O) groups is 1. The van der Waals surface area contributed by atoms with Gasteiger partial charge in [0.15, 0.2) is 6.54 Å². The molecule has 27 heavy (non-hydrogen) atoms. The summed E-state index contributed by atoms with van der Waals surface area (Å²) in [5.74, 6) is -0.150. The van der Waals surface area contributed by atoms with Gasteiger partial charge < -0.3 is 15.0 Å². The molecular formula is C19H24N3O4S+. The Morgan fingerprint density at radius 3 is 2.96 bits per heavy atom. The van der Waals surface area contributed by atoms with Gasteiger partial charge in [0.05, 0.1) is 15.5 Å². The number of rotatable bonds is 8. The molecule has 0 spiro atoms. The van der Waals surface area contributed by atoms with Gasteiger partial charge in [0.25, 0.3) is 11.6 Å². The van der Waals surface area contributed by atoms with Crippen molar-refractivity contribution in [1.82, 2.24) is 0 Å². The lowest BCUT2D eigenvalue weighted by Crippen LogP contribution is -3.12. The number of nitro benzene ring substituents is 1. The number of nitrogens with zero attached hydrogens (tertiary/aromatic N) is 1. The van der Waals surface area contributed by atoms with Gasteiger partial charge in [-0.2, -0.15) is 0 Å². The third-order valence-corrected chi connectivity index (χ3v) is 5.54. The van der Waals surface area contributed by atoms with Crippen molar-refractivity contribution in [2.45, 2.75) is 32.4 Å². The van der Waals surface area contributed by atoms with Crippen LogP contribution >= 0.6 is 11.3 Å². The number of nitrogens with one attached hydrogen (secondary N) is 2. The number of ether oxygens (including phenoxy) is 1. The van der Waals surface area contributed by atoms with E-state index in [0.717, 1.165) is 43.0 Å². The van der Waals surface area contributed by atoms with Crippen molar-refractivity contribution in [2.24, 2.45) is 0 Å². The first-order valence-corrected chi connectivity index (χ1v) is 9.91. The fourth-order valence-corrected chi connectivity index (χ4v) is 4.05. The van der Waals surface area contributed by atoms with Crippen LogP contribution in [0.3, 0.4) is 0 Å². The standard InChI is InChI=1S/C19H23N3O4S/c1-14-6-7-15(22(24)25)10-18(14)20-19(23)13-21(11-16-4-2-8-26-16)12-17-5-3-9-27-17/h3,5-7,9-10,16H,2,4,8,11-13H2,1H3,(H,20,23)/p+1/t16-/m0/s1. The van der Waals surface area contributed by atoms with Gasteiger partial charge in [-0.05, 0) is 36.8 Å². The zero-order valence-corrected chi connectivity index (χ0v) is 16.1. The summed E-state index contributed by atoms with van der Waals surface area (Å²) in [5.41, 5.74) is 1.26. The van der Waals surface area contributed by atoms with Crippen LogP contribution in [-0.4, -0.2) is 36.6 Å². The van der Waals surface area contributed by atoms with Gasteiger partial charge in [-0.3, -0.25) is 14.9 Å². The number of carbonyl (C=O) groups excluding carboxylic acids is 1. The van der Waals surface area contributed by atoms with Crippen LogP contribution in [0, 0.1) is 17.0 Å². The van der Waals surface area contributed by atoms with Crippen molar-refractivity contribution in [3.8, 4) is 0 Å². The highest BCUT2D eigenvalue weighted by atomic mass is 32.1. The van der Waals surface area contributed by atoms with Gasteiger partial charge in [0.1, 0.15) is 19.2 Å². The molecule has 0 saturated carbocycles. The third-order valence-electron chi connectivity index (χ3n) is 4.66. The lowest BCUT2D eigenvalue weighted by atomic mass is 10.2. The third kappa shape index (κ3) is 5.59. The van der Waals surface area contributed by atoms with E-state index in [1.165, 1.54) is 17.0 Å². The Bertz CT molecular complexity index is 788. The van der Waals surface area contributed by atoms with Crippen LogP contribution in [-0.2, 0) is 16.1 Å². The molecule has 2 N–H and O–H groups in total. The minimum absolute atomic E-state index is 0.0296. The monoisotopic (exact) mass is 390 g/mol. The Kier molecular flexibility index (Phi) is 6.54. The number of non-ortho nitro benzene ring substituents is 1. The Labute approximate surface area is 162 Å². The topological polar surface area (TPSA) is 85.9 Å². The van der Waals surface area contributed by atoms with Crippen molar-refractivity contribution < 1.29 is 19.4 Å². The van der Waals surface area contributed by atoms with E-state index in [9.17, 15) is 14.9 Å². The molecule has 2 atom stereocenters. The predicted molar refractivity (Wildman–Crippen MR) is 104 cm³/mol. The van der Waals surface area contributed by atoms with Gasteiger partial charge in [0, 0.05) is 18.7 Å². The number of quaternary nitrogens is 1. The largest absolute Gasteiger partial charge is 0.372 e. The molecule has 1 aromatic heterocycles. The van der Waals surface area contributed by atoms with Crippen LogP contribution in [0.2, 0.25) is 0 Å². The van der Waals surface area contributed by atoms with Crippen LogP contribution in [0.15, 0.2) is 35.7 Å². The molecule has 1 unspecified atom stereocenters. The number of anilines is 1. The molecule has 1 aliphatic heterocycles. The summed E-state index contributed by atoms with van der Waals surface area (Å²) >= 11 is 1.68. The fraction of sp³-hybridized carbons (Fsp3) is 0.421. The smallest absolute Gasteiger partial charge is 0.279 e. The van der Waals surface area contributed by atoms with Crippen molar-refractivity contribution in [1.29, 1.82) is 0 Å². The summed E-state index contributed by atoms with van der Waals surface area (Å²) in [5, 5.41) is 15.8. The molecule has 1 aromatic carbocycles. The molecule has 7 nitrogen and oxygen atoms in total. The number of hydrogen-bond donors (Lipinski definition) is 2. The van der Waals surface area contributed by atoms with E-state index in [2.05, 4.69) is 11.4 Å². The molecule has 3 rings (SSSR count). The first-order valence-electron chi connectivity index (χ1n) is 9.03. The minimum atomic E-state index is -0.457. The average molecular weight is 390 g/mol. The molecule has 144 valence electrons. The van der Waals surface area contributed by atoms with E-state index in [1.807, 2.05) is 18.4 Å². The summed E-state index contributed by atoms with van der Waals surface area (Å²) in [6.07, 6.45) is 2.28. The molecule has 1 aliphatic rings. The maximum absolute atomic E-state index is 12.6. The second-order valence-corrected chi connectivity index (χ2v) is 7.86. The molecule has 2 aromatic rings. The SMILES string of the molecule is Cc1ccc([N+](=O)[O-])cc1NC(=O)C[NH+](Cc1cccs1)C[C@@H]1CCCO1. The van der Waals surface area contributed by atoms with Crippen molar-refractivity contribution >= 4 is 28.6 Å². The maximum atomic E-state index is 12.6. The predicted octanol–water partition coefficient (Wildman–Crippen LogP) is 2.17. The van der Waals surface area contributed by atoms with E-state index in [4.69, 9.17) is 4.74 Å².